The van der Waals surface area contributed by atoms with Gasteiger partial charge < -0.3 is 5.32 Å². The molecule has 102 valence electrons. The third kappa shape index (κ3) is 2.86. The molecular weight excluding hydrogens is 248 g/mol. The van der Waals surface area contributed by atoms with Crippen molar-refractivity contribution in [1.29, 1.82) is 0 Å². The molecule has 0 radical (unpaired) electrons. The summed E-state index contributed by atoms with van der Waals surface area (Å²) in [5.41, 5.74) is 1.30. The SMILES string of the molecule is CC(Cn1cccn1)NCc1cccc2cnccc12. The molecule has 0 saturated carbocycles. The number of nitrogens with zero attached hydrogens (tertiary/aromatic N) is 3. The minimum Gasteiger partial charge on any atom is -0.308 e. The first-order chi connectivity index (χ1) is 9.83. The summed E-state index contributed by atoms with van der Waals surface area (Å²) in [5, 5.41) is 10.2. The quantitative estimate of drug-likeness (QED) is 0.772. The molecule has 1 atom stereocenters. The van der Waals surface area contributed by atoms with Crippen molar-refractivity contribution in [3.63, 3.8) is 0 Å². The lowest BCUT2D eigenvalue weighted by atomic mass is 10.1. The molecule has 0 aliphatic heterocycles. The standard InChI is InChI=1S/C16H18N4/c1-13(12-20-9-3-7-19-20)18-11-15-5-2-4-14-10-17-8-6-16(14)15/h2-10,13,18H,11-12H2,1H3. The van der Waals surface area contributed by atoms with Crippen molar-refractivity contribution in [3.8, 4) is 0 Å². The molecule has 3 rings (SSSR count). The number of hydrogen-bond acceptors (Lipinski definition) is 3. The Balaban J connectivity index is 1.67. The van der Waals surface area contributed by atoms with Crippen LogP contribution in [0.25, 0.3) is 10.8 Å². The van der Waals surface area contributed by atoms with Crippen molar-refractivity contribution in [2.75, 3.05) is 0 Å². The normalized spacial score (nSPS) is 12.7. The number of pyridine rings is 1. The molecule has 2 heterocycles. The number of fused-ring (bicyclic) bond motifs is 1. The molecule has 0 fully saturated rings. The van der Waals surface area contributed by atoms with Crippen molar-refractivity contribution in [3.05, 3.63) is 60.7 Å². The number of nitrogens with one attached hydrogen (secondary N) is 1. The highest BCUT2D eigenvalue weighted by molar-refractivity contribution is 5.84. The summed E-state index contributed by atoms with van der Waals surface area (Å²) in [6.07, 6.45) is 7.55. The van der Waals surface area contributed by atoms with Crippen LogP contribution in [0.5, 0.6) is 0 Å². The van der Waals surface area contributed by atoms with Gasteiger partial charge in [0, 0.05) is 42.8 Å². The minimum absolute atomic E-state index is 0.368. The van der Waals surface area contributed by atoms with Crippen LogP contribution in [0.3, 0.4) is 0 Å². The predicted octanol–water partition coefficient (Wildman–Crippen LogP) is 2.61. The molecule has 1 N–H and O–H groups in total. The molecule has 4 nitrogen and oxygen atoms in total. The highest BCUT2D eigenvalue weighted by Gasteiger charge is 2.05. The van der Waals surface area contributed by atoms with E-state index in [9.17, 15) is 0 Å². The Bertz CT molecular complexity index is 671. The smallest absolute Gasteiger partial charge is 0.0560 e. The van der Waals surface area contributed by atoms with Gasteiger partial charge in [-0.25, -0.2) is 0 Å². The monoisotopic (exact) mass is 266 g/mol. The molecule has 0 amide bonds. The molecule has 2 aromatic heterocycles. The van der Waals surface area contributed by atoms with E-state index in [1.807, 2.05) is 35.5 Å². The van der Waals surface area contributed by atoms with Gasteiger partial charge >= 0.3 is 0 Å². The second-order valence-corrected chi connectivity index (χ2v) is 5.02. The zero-order valence-corrected chi connectivity index (χ0v) is 11.5. The van der Waals surface area contributed by atoms with Crippen molar-refractivity contribution in [2.45, 2.75) is 26.1 Å². The third-order valence-electron chi connectivity index (χ3n) is 3.43. The van der Waals surface area contributed by atoms with E-state index in [0.29, 0.717) is 6.04 Å². The molecule has 3 aromatic rings. The molecule has 4 heteroatoms. The summed E-state index contributed by atoms with van der Waals surface area (Å²) in [6, 6.07) is 10.7. The predicted molar refractivity (Wildman–Crippen MR) is 80.3 cm³/mol. The Kier molecular flexibility index (Phi) is 3.74. The molecule has 0 saturated heterocycles. The highest BCUT2D eigenvalue weighted by atomic mass is 15.3. The lowest BCUT2D eigenvalue weighted by Crippen LogP contribution is -2.30. The van der Waals surface area contributed by atoms with Crippen LogP contribution in [-0.4, -0.2) is 20.8 Å². The van der Waals surface area contributed by atoms with E-state index in [2.05, 4.69) is 46.6 Å². The molecule has 0 aliphatic carbocycles. The van der Waals surface area contributed by atoms with E-state index in [-0.39, 0.29) is 0 Å². The van der Waals surface area contributed by atoms with Crippen LogP contribution >= 0.6 is 0 Å². The first kappa shape index (κ1) is 12.8. The molecule has 1 aromatic carbocycles. The second kappa shape index (κ2) is 5.84. The van der Waals surface area contributed by atoms with E-state index in [1.54, 1.807) is 0 Å². The van der Waals surface area contributed by atoms with Gasteiger partial charge in [0.25, 0.3) is 0 Å². The number of aromatic nitrogens is 3. The molecule has 0 spiro atoms. The first-order valence-corrected chi connectivity index (χ1v) is 6.85. The van der Waals surface area contributed by atoms with Crippen LogP contribution in [0.2, 0.25) is 0 Å². The van der Waals surface area contributed by atoms with Gasteiger partial charge in [-0.3, -0.25) is 9.67 Å². The Morgan fingerprint density at radius 1 is 1.20 bits per heavy atom. The fourth-order valence-electron chi connectivity index (χ4n) is 2.38. The van der Waals surface area contributed by atoms with E-state index in [4.69, 9.17) is 0 Å². The van der Waals surface area contributed by atoms with Crippen LogP contribution < -0.4 is 5.32 Å². The summed E-state index contributed by atoms with van der Waals surface area (Å²) in [4.78, 5) is 4.17. The van der Waals surface area contributed by atoms with Gasteiger partial charge in [-0.2, -0.15) is 5.10 Å². The summed E-state index contributed by atoms with van der Waals surface area (Å²) >= 11 is 0. The van der Waals surface area contributed by atoms with E-state index in [0.717, 1.165) is 13.1 Å². The number of benzene rings is 1. The number of rotatable bonds is 5. The zero-order chi connectivity index (χ0) is 13.8. The molecule has 0 aliphatic rings. The van der Waals surface area contributed by atoms with Gasteiger partial charge in [-0.15, -0.1) is 0 Å². The fourth-order valence-corrected chi connectivity index (χ4v) is 2.38. The Labute approximate surface area is 118 Å². The molecule has 20 heavy (non-hydrogen) atoms. The van der Waals surface area contributed by atoms with Crippen molar-refractivity contribution >= 4 is 10.8 Å². The summed E-state index contributed by atoms with van der Waals surface area (Å²) in [5.74, 6) is 0. The van der Waals surface area contributed by atoms with Crippen molar-refractivity contribution in [1.82, 2.24) is 20.1 Å². The molecular formula is C16H18N4. The lowest BCUT2D eigenvalue weighted by molar-refractivity contribution is 0.451. The average molecular weight is 266 g/mol. The van der Waals surface area contributed by atoms with Crippen LogP contribution in [0.15, 0.2) is 55.1 Å². The van der Waals surface area contributed by atoms with Crippen LogP contribution in [0.4, 0.5) is 0 Å². The topological polar surface area (TPSA) is 42.7 Å². The average Bonchev–Trinajstić information content (AvgIpc) is 2.98. The zero-order valence-electron chi connectivity index (χ0n) is 11.5. The lowest BCUT2D eigenvalue weighted by Gasteiger charge is -2.15. The van der Waals surface area contributed by atoms with Gasteiger partial charge in [0.05, 0.1) is 6.54 Å². The first-order valence-electron chi connectivity index (χ1n) is 6.85. The summed E-state index contributed by atoms with van der Waals surface area (Å²) in [7, 11) is 0. The molecule has 0 bridgehead atoms. The van der Waals surface area contributed by atoms with Gasteiger partial charge in [0.15, 0.2) is 0 Å². The minimum atomic E-state index is 0.368. The van der Waals surface area contributed by atoms with E-state index in [1.165, 1.54) is 16.3 Å². The Morgan fingerprint density at radius 2 is 2.15 bits per heavy atom. The third-order valence-corrected chi connectivity index (χ3v) is 3.43. The maximum Gasteiger partial charge on any atom is 0.0560 e. The largest absolute Gasteiger partial charge is 0.308 e. The van der Waals surface area contributed by atoms with Gasteiger partial charge in [0.2, 0.25) is 0 Å². The summed E-state index contributed by atoms with van der Waals surface area (Å²) in [6.45, 7) is 3.90. The van der Waals surface area contributed by atoms with Crippen LogP contribution in [0, 0.1) is 0 Å². The van der Waals surface area contributed by atoms with Crippen molar-refractivity contribution in [2.24, 2.45) is 0 Å². The highest BCUT2D eigenvalue weighted by Crippen LogP contribution is 2.17. The van der Waals surface area contributed by atoms with Crippen molar-refractivity contribution < 1.29 is 0 Å². The maximum absolute atomic E-state index is 4.23. The second-order valence-electron chi connectivity index (χ2n) is 5.02. The van der Waals surface area contributed by atoms with E-state index < -0.39 is 0 Å². The van der Waals surface area contributed by atoms with Crippen LogP contribution in [0.1, 0.15) is 12.5 Å². The van der Waals surface area contributed by atoms with Gasteiger partial charge in [-0.05, 0) is 30.0 Å². The Morgan fingerprint density at radius 3 is 3.00 bits per heavy atom. The van der Waals surface area contributed by atoms with Crippen LogP contribution in [-0.2, 0) is 13.1 Å². The number of hydrogen-bond donors (Lipinski definition) is 1. The fraction of sp³-hybridized carbons (Fsp3) is 0.250. The Hall–Kier alpha value is -2.20. The van der Waals surface area contributed by atoms with Gasteiger partial charge in [-0.1, -0.05) is 18.2 Å². The van der Waals surface area contributed by atoms with Gasteiger partial charge in [0.1, 0.15) is 0 Å². The molecule has 1 unspecified atom stereocenters. The maximum atomic E-state index is 4.23. The van der Waals surface area contributed by atoms with E-state index >= 15 is 0 Å². The summed E-state index contributed by atoms with van der Waals surface area (Å²) < 4.78 is 1.95.